The number of carbonyl (C=O) groups excluding carboxylic acids is 1. The molecule has 0 saturated carbocycles. The van der Waals surface area contributed by atoms with Crippen molar-refractivity contribution in [3.05, 3.63) is 84.9 Å². The van der Waals surface area contributed by atoms with Gasteiger partial charge in [-0.15, -0.1) is 0 Å². The SMILES string of the molecule is O=C(COc1ccccc1)NC(=S)Nc1ccc(S(=O)(=O)Nc2ccccc2)cc1. The van der Waals surface area contributed by atoms with Gasteiger partial charge in [0, 0.05) is 11.4 Å². The molecule has 154 valence electrons. The molecule has 0 aromatic heterocycles. The van der Waals surface area contributed by atoms with Gasteiger partial charge in [-0.05, 0) is 60.7 Å². The molecule has 7 nitrogen and oxygen atoms in total. The molecule has 0 atom stereocenters. The average molecular weight is 442 g/mol. The highest BCUT2D eigenvalue weighted by atomic mass is 32.2. The molecule has 0 spiro atoms. The summed E-state index contributed by atoms with van der Waals surface area (Å²) < 4.78 is 32.7. The number of anilines is 2. The Hall–Kier alpha value is -3.43. The van der Waals surface area contributed by atoms with E-state index in [4.69, 9.17) is 17.0 Å². The van der Waals surface area contributed by atoms with Crippen LogP contribution >= 0.6 is 12.2 Å². The van der Waals surface area contributed by atoms with Gasteiger partial charge in [-0.25, -0.2) is 8.42 Å². The monoisotopic (exact) mass is 441 g/mol. The Kier molecular flexibility index (Phi) is 6.99. The summed E-state index contributed by atoms with van der Waals surface area (Å²) in [4.78, 5) is 12.0. The van der Waals surface area contributed by atoms with Crippen LogP contribution in [-0.2, 0) is 14.8 Å². The summed E-state index contributed by atoms with van der Waals surface area (Å²) in [5.74, 6) is 0.162. The molecule has 3 aromatic carbocycles. The van der Waals surface area contributed by atoms with E-state index in [-0.39, 0.29) is 16.6 Å². The van der Waals surface area contributed by atoms with Crippen molar-refractivity contribution < 1.29 is 17.9 Å². The predicted octanol–water partition coefficient (Wildman–Crippen LogP) is 3.38. The first-order valence-electron chi connectivity index (χ1n) is 8.89. The van der Waals surface area contributed by atoms with Gasteiger partial charge in [-0.2, -0.15) is 0 Å². The standard InChI is InChI=1S/C21H19N3O4S2/c25-20(15-28-18-9-5-2-6-10-18)23-21(29)22-16-11-13-19(14-12-16)30(26,27)24-17-7-3-1-4-8-17/h1-14,24H,15H2,(H2,22,23,25,29). The second-order valence-corrected chi connectivity index (χ2v) is 8.19. The fourth-order valence-corrected chi connectivity index (χ4v) is 3.72. The molecule has 0 bridgehead atoms. The Bertz CT molecular complexity index is 1100. The number of hydrogen-bond acceptors (Lipinski definition) is 5. The molecule has 0 unspecified atom stereocenters. The lowest BCUT2D eigenvalue weighted by Crippen LogP contribution is -2.37. The first kappa shape index (κ1) is 21.3. The van der Waals surface area contributed by atoms with Crippen LogP contribution in [0.1, 0.15) is 0 Å². The van der Waals surface area contributed by atoms with E-state index in [1.165, 1.54) is 12.1 Å². The van der Waals surface area contributed by atoms with Crippen LogP contribution in [0.2, 0.25) is 0 Å². The molecule has 30 heavy (non-hydrogen) atoms. The molecule has 0 radical (unpaired) electrons. The van der Waals surface area contributed by atoms with E-state index in [0.717, 1.165) is 0 Å². The fraction of sp³-hybridized carbons (Fsp3) is 0.0476. The van der Waals surface area contributed by atoms with Crippen LogP contribution in [0.3, 0.4) is 0 Å². The maximum absolute atomic E-state index is 12.4. The average Bonchev–Trinajstić information content (AvgIpc) is 2.74. The van der Waals surface area contributed by atoms with E-state index in [9.17, 15) is 13.2 Å². The minimum atomic E-state index is -3.71. The molecule has 0 aliphatic rings. The summed E-state index contributed by atoms with van der Waals surface area (Å²) in [5.41, 5.74) is 1.00. The number of thiocarbonyl (C=S) groups is 1. The number of rotatable bonds is 7. The molecule has 3 aromatic rings. The van der Waals surface area contributed by atoms with Crippen molar-refractivity contribution in [1.29, 1.82) is 0 Å². The molecule has 9 heteroatoms. The maximum atomic E-state index is 12.4. The molecule has 0 aliphatic carbocycles. The van der Waals surface area contributed by atoms with Crippen LogP contribution in [0.5, 0.6) is 5.75 Å². The van der Waals surface area contributed by atoms with E-state index in [2.05, 4.69) is 15.4 Å². The molecule has 3 N–H and O–H groups in total. The summed E-state index contributed by atoms with van der Waals surface area (Å²) in [6.07, 6.45) is 0. The van der Waals surface area contributed by atoms with Gasteiger partial charge in [0.25, 0.3) is 15.9 Å². The van der Waals surface area contributed by atoms with Crippen molar-refractivity contribution in [3.8, 4) is 5.75 Å². The highest BCUT2D eigenvalue weighted by Crippen LogP contribution is 2.18. The van der Waals surface area contributed by atoms with E-state index in [0.29, 0.717) is 17.1 Å². The van der Waals surface area contributed by atoms with Gasteiger partial charge in [0.1, 0.15) is 5.75 Å². The molecule has 3 rings (SSSR count). The van der Waals surface area contributed by atoms with E-state index in [1.54, 1.807) is 66.7 Å². The third-order valence-corrected chi connectivity index (χ3v) is 5.42. The van der Waals surface area contributed by atoms with Gasteiger partial charge in [0.2, 0.25) is 0 Å². The minimum Gasteiger partial charge on any atom is -0.484 e. The lowest BCUT2D eigenvalue weighted by molar-refractivity contribution is -0.121. The lowest BCUT2D eigenvalue weighted by atomic mass is 10.3. The van der Waals surface area contributed by atoms with Crippen LogP contribution in [0.15, 0.2) is 89.8 Å². The fourth-order valence-electron chi connectivity index (χ4n) is 2.43. The first-order chi connectivity index (χ1) is 14.4. The number of para-hydroxylation sites is 2. The lowest BCUT2D eigenvalue weighted by Gasteiger charge is -2.11. The summed E-state index contributed by atoms with van der Waals surface area (Å²) in [5, 5.41) is 5.41. The van der Waals surface area contributed by atoms with Gasteiger partial charge >= 0.3 is 0 Å². The zero-order chi connectivity index (χ0) is 21.4. The number of carbonyl (C=O) groups is 1. The van der Waals surface area contributed by atoms with Crippen molar-refractivity contribution in [2.45, 2.75) is 4.90 Å². The minimum absolute atomic E-state index is 0.0784. The molecule has 0 fully saturated rings. The zero-order valence-corrected chi connectivity index (χ0v) is 17.4. The van der Waals surface area contributed by atoms with Crippen LogP contribution in [-0.4, -0.2) is 26.0 Å². The Labute approximate surface area is 180 Å². The largest absolute Gasteiger partial charge is 0.484 e. The third kappa shape index (κ3) is 6.29. The van der Waals surface area contributed by atoms with Crippen LogP contribution in [0.4, 0.5) is 11.4 Å². The number of amides is 1. The second-order valence-electron chi connectivity index (χ2n) is 6.10. The number of nitrogens with one attached hydrogen (secondary N) is 3. The summed E-state index contributed by atoms with van der Waals surface area (Å²) in [6.45, 7) is -0.186. The first-order valence-corrected chi connectivity index (χ1v) is 10.8. The summed E-state index contributed by atoms with van der Waals surface area (Å²) >= 11 is 5.11. The zero-order valence-electron chi connectivity index (χ0n) is 15.7. The highest BCUT2D eigenvalue weighted by Gasteiger charge is 2.14. The number of ether oxygens (including phenoxy) is 1. The Balaban J connectivity index is 1.52. The predicted molar refractivity (Wildman–Crippen MR) is 120 cm³/mol. The van der Waals surface area contributed by atoms with Gasteiger partial charge in [-0.1, -0.05) is 36.4 Å². The van der Waals surface area contributed by atoms with Gasteiger partial charge in [0.15, 0.2) is 11.7 Å². The van der Waals surface area contributed by atoms with Gasteiger partial charge in [0.05, 0.1) is 4.90 Å². The normalized spacial score (nSPS) is 10.7. The van der Waals surface area contributed by atoms with Crippen molar-refractivity contribution in [2.24, 2.45) is 0 Å². The highest BCUT2D eigenvalue weighted by molar-refractivity contribution is 7.92. The van der Waals surface area contributed by atoms with E-state index >= 15 is 0 Å². The van der Waals surface area contributed by atoms with Crippen LogP contribution in [0.25, 0.3) is 0 Å². The van der Waals surface area contributed by atoms with Gasteiger partial charge < -0.3 is 10.1 Å². The summed E-state index contributed by atoms with van der Waals surface area (Å²) in [6, 6.07) is 23.5. The smallest absolute Gasteiger partial charge is 0.264 e. The van der Waals surface area contributed by atoms with E-state index in [1.807, 2.05) is 6.07 Å². The van der Waals surface area contributed by atoms with Crippen LogP contribution in [0, 0.1) is 0 Å². The quantitative estimate of drug-likeness (QED) is 0.487. The Morgan fingerprint density at radius 2 is 1.43 bits per heavy atom. The molecule has 1 amide bonds. The molecule has 0 heterocycles. The number of hydrogen-bond donors (Lipinski definition) is 3. The molecule has 0 aliphatic heterocycles. The molecule has 0 saturated heterocycles. The number of sulfonamides is 1. The third-order valence-electron chi connectivity index (χ3n) is 3.81. The maximum Gasteiger partial charge on any atom is 0.264 e. The van der Waals surface area contributed by atoms with Gasteiger partial charge in [-0.3, -0.25) is 14.8 Å². The molecular weight excluding hydrogens is 422 g/mol. The van der Waals surface area contributed by atoms with Crippen LogP contribution < -0.4 is 20.1 Å². The van der Waals surface area contributed by atoms with Crippen molar-refractivity contribution in [2.75, 3.05) is 16.6 Å². The second kappa shape index (κ2) is 9.86. The molecular formula is C21H19N3O4S2. The topological polar surface area (TPSA) is 96.5 Å². The number of benzene rings is 3. The Morgan fingerprint density at radius 3 is 2.07 bits per heavy atom. The summed E-state index contributed by atoms with van der Waals surface area (Å²) in [7, 11) is -3.71. The Morgan fingerprint density at radius 1 is 0.833 bits per heavy atom. The van der Waals surface area contributed by atoms with Crippen molar-refractivity contribution >= 4 is 44.6 Å². The van der Waals surface area contributed by atoms with E-state index < -0.39 is 15.9 Å². The van der Waals surface area contributed by atoms with Crippen molar-refractivity contribution in [3.63, 3.8) is 0 Å². The van der Waals surface area contributed by atoms with Crippen molar-refractivity contribution in [1.82, 2.24) is 5.32 Å².